The lowest BCUT2D eigenvalue weighted by molar-refractivity contribution is 0.0572. The summed E-state index contributed by atoms with van der Waals surface area (Å²) in [5, 5.41) is 20.4. The zero-order valence-corrected chi connectivity index (χ0v) is 19.1. The van der Waals surface area contributed by atoms with Gasteiger partial charge in [-0.3, -0.25) is 4.90 Å². The summed E-state index contributed by atoms with van der Waals surface area (Å²) in [6.07, 6.45) is 1.57. The van der Waals surface area contributed by atoms with E-state index in [0.717, 1.165) is 31.4 Å². The maximum atomic E-state index is 10.2. The number of hydrogen-bond donors (Lipinski definition) is 2. The monoisotopic (exact) mass is 436 g/mol. The predicted molar refractivity (Wildman–Crippen MR) is 129 cm³/mol. The van der Waals surface area contributed by atoms with E-state index in [9.17, 15) is 10.2 Å². The van der Waals surface area contributed by atoms with Crippen LogP contribution in [0.2, 0.25) is 0 Å². The third kappa shape index (κ3) is 5.41. The van der Waals surface area contributed by atoms with E-state index in [1.54, 1.807) is 0 Å². The fourth-order valence-corrected chi connectivity index (χ4v) is 4.93. The minimum Gasteiger partial charge on any atom is -0.389 e. The number of aliphatic hydroxyl groups excluding tert-OH is 2. The van der Waals surface area contributed by atoms with Gasteiger partial charge in [0.15, 0.2) is 0 Å². The Bertz CT molecular complexity index is 877. The summed E-state index contributed by atoms with van der Waals surface area (Å²) >= 11 is 0. The first-order chi connectivity index (χ1) is 15.5. The molecule has 172 valence electrons. The fourth-order valence-electron chi connectivity index (χ4n) is 4.93. The molecule has 0 amide bonds. The van der Waals surface area contributed by atoms with Crippen LogP contribution in [0.4, 0.5) is 5.69 Å². The summed E-state index contributed by atoms with van der Waals surface area (Å²) in [5.41, 5.74) is 5.09. The van der Waals surface area contributed by atoms with Gasteiger partial charge in [-0.15, -0.1) is 6.58 Å². The van der Waals surface area contributed by atoms with Crippen LogP contribution in [-0.4, -0.2) is 66.2 Å². The van der Waals surface area contributed by atoms with Crippen LogP contribution >= 0.6 is 0 Å². The highest BCUT2D eigenvalue weighted by molar-refractivity contribution is 5.58. The zero-order chi connectivity index (χ0) is 22.5. The largest absolute Gasteiger partial charge is 0.389 e. The van der Waals surface area contributed by atoms with Gasteiger partial charge in [-0.2, -0.15) is 0 Å². The minimum absolute atomic E-state index is 0.0734. The number of likely N-dealkylation sites (tertiary alicyclic amines) is 1. The second-order valence-electron chi connectivity index (χ2n) is 9.27. The van der Waals surface area contributed by atoms with Crippen LogP contribution in [0.15, 0.2) is 66.7 Å². The Morgan fingerprint density at radius 3 is 2.47 bits per heavy atom. The highest BCUT2D eigenvalue weighted by Gasteiger charge is 2.37. The molecule has 2 heterocycles. The number of fused-ring (bicyclic) bond motifs is 1. The molecule has 4 unspecified atom stereocenters. The Balaban J connectivity index is 1.58. The highest BCUT2D eigenvalue weighted by Crippen LogP contribution is 2.39. The quantitative estimate of drug-likeness (QED) is 0.465. The van der Waals surface area contributed by atoms with Gasteiger partial charge < -0.3 is 19.8 Å². The topological polar surface area (TPSA) is 56.2 Å². The maximum Gasteiger partial charge on any atom is 0.0938 e. The summed E-state index contributed by atoms with van der Waals surface area (Å²) in [7, 11) is 0. The third-order valence-corrected chi connectivity index (χ3v) is 6.74. The number of hydrogen-bond acceptors (Lipinski definition) is 5. The number of anilines is 1. The predicted octanol–water partition coefficient (Wildman–Crippen LogP) is 3.57. The van der Waals surface area contributed by atoms with E-state index in [1.165, 1.54) is 16.8 Å². The molecule has 32 heavy (non-hydrogen) atoms. The third-order valence-electron chi connectivity index (χ3n) is 6.74. The normalized spacial score (nSPS) is 24.3. The van der Waals surface area contributed by atoms with Crippen LogP contribution in [0.25, 0.3) is 0 Å². The van der Waals surface area contributed by atoms with Crippen molar-refractivity contribution in [2.24, 2.45) is 0 Å². The summed E-state index contributed by atoms with van der Waals surface area (Å²) in [6, 6.07) is 19.8. The van der Waals surface area contributed by atoms with Gasteiger partial charge in [-0.25, -0.2) is 0 Å². The molecule has 0 aliphatic carbocycles. The van der Waals surface area contributed by atoms with E-state index >= 15 is 0 Å². The SMILES string of the molecule is C=C(C)CCOCC(CN1c2ccccc2CCC1c1ccccc1)N1CC(O)C(O)C1. The molecule has 0 spiro atoms. The lowest BCUT2D eigenvalue weighted by Crippen LogP contribution is -2.48. The molecule has 1 saturated heterocycles. The van der Waals surface area contributed by atoms with Crippen molar-refractivity contribution >= 4 is 5.69 Å². The molecule has 0 radical (unpaired) electrons. The first-order valence-electron chi connectivity index (χ1n) is 11.7. The first-order valence-corrected chi connectivity index (χ1v) is 11.7. The number of nitrogens with zero attached hydrogens (tertiary/aromatic N) is 2. The molecule has 1 fully saturated rings. The van der Waals surface area contributed by atoms with E-state index < -0.39 is 12.2 Å². The molecule has 2 aliphatic rings. The number of β-amino-alcohol motifs (C(OH)–C–C–N with tert-alkyl or cyclic N) is 2. The molecule has 4 rings (SSSR count). The van der Waals surface area contributed by atoms with Crippen molar-refractivity contribution in [3.8, 4) is 0 Å². The van der Waals surface area contributed by atoms with Gasteiger partial charge in [0.1, 0.15) is 0 Å². The molecule has 5 nitrogen and oxygen atoms in total. The Hall–Kier alpha value is -2.18. The Morgan fingerprint density at radius 1 is 1.06 bits per heavy atom. The van der Waals surface area contributed by atoms with Crippen LogP contribution in [0.1, 0.15) is 36.9 Å². The Kier molecular flexibility index (Phi) is 7.63. The molecular weight excluding hydrogens is 400 g/mol. The van der Waals surface area contributed by atoms with Crippen LogP contribution < -0.4 is 4.90 Å². The summed E-state index contributed by atoms with van der Waals surface area (Å²) in [5.74, 6) is 0. The van der Waals surface area contributed by atoms with Crippen molar-refractivity contribution < 1.29 is 14.9 Å². The first kappa shape index (κ1) is 23.0. The number of ether oxygens (including phenoxy) is 1. The van der Waals surface area contributed by atoms with Crippen molar-refractivity contribution in [2.45, 2.75) is 50.5 Å². The number of aliphatic hydroxyl groups is 2. The zero-order valence-electron chi connectivity index (χ0n) is 19.1. The molecular formula is C27H36N2O3. The highest BCUT2D eigenvalue weighted by atomic mass is 16.5. The van der Waals surface area contributed by atoms with E-state index in [0.29, 0.717) is 32.3 Å². The Labute approximate surface area is 191 Å². The number of para-hydroxylation sites is 1. The molecule has 2 N–H and O–H groups in total. The van der Waals surface area contributed by atoms with Crippen LogP contribution in [0.3, 0.4) is 0 Å². The fraction of sp³-hybridized carbons (Fsp3) is 0.481. The minimum atomic E-state index is -0.702. The Morgan fingerprint density at radius 2 is 1.75 bits per heavy atom. The number of rotatable bonds is 9. The summed E-state index contributed by atoms with van der Waals surface area (Å²) in [6.45, 7) is 8.92. The van der Waals surface area contributed by atoms with Gasteiger partial charge in [0.2, 0.25) is 0 Å². The standard InChI is InChI=1S/C27H36N2O3/c1-20(2)14-15-32-19-23(28-17-26(30)27(31)18-28)16-29-24-11-7-6-10-22(24)12-13-25(29)21-8-4-3-5-9-21/h3-11,23,25-27,30-31H,1,12-19H2,2H3. The van der Waals surface area contributed by atoms with E-state index in [-0.39, 0.29) is 6.04 Å². The van der Waals surface area contributed by atoms with Crippen molar-refractivity contribution in [3.05, 3.63) is 77.9 Å². The van der Waals surface area contributed by atoms with Crippen molar-refractivity contribution in [1.82, 2.24) is 4.90 Å². The van der Waals surface area contributed by atoms with Gasteiger partial charge in [0, 0.05) is 25.3 Å². The van der Waals surface area contributed by atoms with Gasteiger partial charge >= 0.3 is 0 Å². The molecule has 2 aliphatic heterocycles. The average molecular weight is 437 g/mol. The second-order valence-corrected chi connectivity index (χ2v) is 9.27. The lowest BCUT2D eigenvalue weighted by atomic mass is 9.90. The molecule has 5 heteroatoms. The van der Waals surface area contributed by atoms with Crippen molar-refractivity contribution in [1.29, 1.82) is 0 Å². The van der Waals surface area contributed by atoms with Crippen LogP contribution in [0.5, 0.6) is 0 Å². The van der Waals surface area contributed by atoms with E-state index in [4.69, 9.17) is 4.74 Å². The number of benzene rings is 2. The van der Waals surface area contributed by atoms with E-state index in [1.807, 2.05) is 6.92 Å². The summed E-state index contributed by atoms with van der Waals surface area (Å²) < 4.78 is 6.07. The van der Waals surface area contributed by atoms with Crippen LogP contribution in [-0.2, 0) is 11.2 Å². The molecule has 2 aromatic carbocycles. The molecule has 0 bridgehead atoms. The molecule has 4 atom stereocenters. The number of aryl methyl sites for hydroxylation is 1. The van der Waals surface area contributed by atoms with Gasteiger partial charge in [0.05, 0.1) is 37.5 Å². The van der Waals surface area contributed by atoms with Crippen molar-refractivity contribution in [2.75, 3.05) is 37.7 Å². The maximum absolute atomic E-state index is 10.2. The van der Waals surface area contributed by atoms with Gasteiger partial charge in [-0.1, -0.05) is 54.1 Å². The summed E-state index contributed by atoms with van der Waals surface area (Å²) in [4.78, 5) is 4.70. The molecule has 0 saturated carbocycles. The molecule has 0 aromatic heterocycles. The lowest BCUT2D eigenvalue weighted by Gasteiger charge is -2.43. The van der Waals surface area contributed by atoms with Crippen molar-refractivity contribution in [3.63, 3.8) is 0 Å². The molecule has 2 aromatic rings. The smallest absolute Gasteiger partial charge is 0.0938 e. The second kappa shape index (κ2) is 10.6. The van der Waals surface area contributed by atoms with E-state index in [2.05, 4.69) is 71.0 Å². The average Bonchev–Trinajstić information content (AvgIpc) is 3.14. The van der Waals surface area contributed by atoms with Crippen LogP contribution in [0, 0.1) is 0 Å². The van der Waals surface area contributed by atoms with Gasteiger partial charge in [-0.05, 0) is 43.4 Å². The van der Waals surface area contributed by atoms with Gasteiger partial charge in [0.25, 0.3) is 0 Å².